The van der Waals surface area contributed by atoms with Crippen molar-refractivity contribution in [2.24, 2.45) is 5.92 Å². The summed E-state index contributed by atoms with van der Waals surface area (Å²) in [7, 11) is 0. The van der Waals surface area contributed by atoms with Crippen molar-refractivity contribution in [1.29, 1.82) is 0 Å². The summed E-state index contributed by atoms with van der Waals surface area (Å²) in [5.41, 5.74) is 1.35. The molecule has 2 rings (SSSR count). The minimum atomic E-state index is -0.285. The largest absolute Gasteiger partial charge is 0.371 e. The van der Waals surface area contributed by atoms with Gasteiger partial charge in [0.05, 0.1) is 6.67 Å². The van der Waals surface area contributed by atoms with Crippen LogP contribution in [0.15, 0.2) is 11.8 Å². The van der Waals surface area contributed by atoms with Crippen LogP contribution in [-0.4, -0.2) is 67.2 Å². The molecular weight excluding hydrogens is 355 g/mol. The highest BCUT2D eigenvalue weighted by atomic mass is 19.1. The van der Waals surface area contributed by atoms with Gasteiger partial charge in [0, 0.05) is 49.9 Å². The molecule has 2 fully saturated rings. The van der Waals surface area contributed by atoms with Crippen molar-refractivity contribution >= 4 is 6.29 Å². The lowest BCUT2D eigenvalue weighted by Gasteiger charge is -2.37. The van der Waals surface area contributed by atoms with E-state index in [-0.39, 0.29) is 18.7 Å². The Morgan fingerprint density at radius 1 is 1.25 bits per heavy atom. The number of hydrogen-bond acceptors (Lipinski definition) is 4. The number of nitrogens with zero attached hydrogens (tertiary/aromatic N) is 2. The van der Waals surface area contributed by atoms with Gasteiger partial charge in [-0.1, -0.05) is 33.3 Å². The van der Waals surface area contributed by atoms with E-state index in [1.165, 1.54) is 5.70 Å². The zero-order valence-electron chi connectivity index (χ0n) is 18.2. The summed E-state index contributed by atoms with van der Waals surface area (Å²) in [4.78, 5) is 16.3. The van der Waals surface area contributed by atoms with Crippen LogP contribution < -0.4 is 0 Å². The summed E-state index contributed by atoms with van der Waals surface area (Å²) in [5, 5.41) is 0. The number of aldehydes is 1. The zero-order valence-corrected chi connectivity index (χ0v) is 18.2. The Labute approximate surface area is 171 Å². The van der Waals surface area contributed by atoms with Crippen molar-refractivity contribution in [2.45, 2.75) is 90.3 Å². The van der Waals surface area contributed by atoms with Crippen molar-refractivity contribution in [3.63, 3.8) is 0 Å². The Hall–Kier alpha value is -0.940. The predicted octanol–water partition coefficient (Wildman–Crippen LogP) is 4.59. The molecule has 2 aliphatic heterocycles. The van der Waals surface area contributed by atoms with E-state index in [4.69, 9.17) is 4.74 Å². The Balaban J connectivity index is 2.10. The van der Waals surface area contributed by atoms with Crippen molar-refractivity contribution in [1.82, 2.24) is 9.80 Å². The van der Waals surface area contributed by atoms with Crippen molar-refractivity contribution in [2.75, 3.05) is 32.9 Å². The average Bonchev–Trinajstić information content (AvgIpc) is 3.08. The summed E-state index contributed by atoms with van der Waals surface area (Å²) >= 11 is 0. The molecule has 2 saturated heterocycles. The van der Waals surface area contributed by atoms with Gasteiger partial charge in [-0.05, 0) is 44.9 Å². The second-order valence-corrected chi connectivity index (χ2v) is 8.56. The maximum Gasteiger partial charge on any atom is 0.148 e. The third kappa shape index (κ3) is 6.84. The summed E-state index contributed by atoms with van der Waals surface area (Å²) in [5.74, 6) is -0.0111. The fourth-order valence-electron chi connectivity index (χ4n) is 4.61. The van der Waals surface area contributed by atoms with E-state index in [1.54, 1.807) is 0 Å². The number of halogens is 1. The van der Waals surface area contributed by atoms with Crippen LogP contribution >= 0.6 is 0 Å². The summed E-state index contributed by atoms with van der Waals surface area (Å²) in [6.45, 7) is 10.1. The molecule has 0 N–H and O–H groups in total. The molecule has 0 aromatic rings. The molecular formula is C23H41FN2O2. The molecule has 162 valence electrons. The first-order valence-electron chi connectivity index (χ1n) is 11.5. The fourth-order valence-corrected chi connectivity index (χ4v) is 4.61. The van der Waals surface area contributed by atoms with Crippen LogP contribution in [-0.2, 0) is 9.53 Å². The Bertz CT molecular complexity index is 485. The van der Waals surface area contributed by atoms with Gasteiger partial charge in [0.15, 0.2) is 0 Å². The van der Waals surface area contributed by atoms with Crippen LogP contribution in [0.5, 0.6) is 0 Å². The normalized spacial score (nSPS) is 29.2. The van der Waals surface area contributed by atoms with Gasteiger partial charge in [0.2, 0.25) is 0 Å². The highest BCUT2D eigenvalue weighted by Crippen LogP contribution is 2.27. The van der Waals surface area contributed by atoms with E-state index in [0.29, 0.717) is 18.7 Å². The number of alkyl halides is 1. The van der Waals surface area contributed by atoms with Crippen LogP contribution in [0, 0.1) is 5.92 Å². The molecule has 0 aliphatic carbocycles. The number of rotatable bonds is 9. The number of carbonyl (C=O) groups excluding carboxylic acids is 1. The Morgan fingerprint density at radius 3 is 2.75 bits per heavy atom. The van der Waals surface area contributed by atoms with E-state index in [2.05, 4.69) is 29.7 Å². The predicted molar refractivity (Wildman–Crippen MR) is 113 cm³/mol. The van der Waals surface area contributed by atoms with Gasteiger partial charge in [-0.15, -0.1) is 0 Å². The van der Waals surface area contributed by atoms with Crippen LogP contribution in [0.2, 0.25) is 0 Å². The quantitative estimate of drug-likeness (QED) is 0.534. The molecule has 2 aliphatic rings. The minimum Gasteiger partial charge on any atom is -0.371 e. The van der Waals surface area contributed by atoms with Crippen molar-refractivity contribution in [3.8, 4) is 0 Å². The maximum atomic E-state index is 13.2. The van der Waals surface area contributed by atoms with Crippen LogP contribution in [0.4, 0.5) is 4.39 Å². The van der Waals surface area contributed by atoms with E-state index in [1.807, 2.05) is 6.92 Å². The third-order valence-electron chi connectivity index (χ3n) is 6.31. The third-order valence-corrected chi connectivity index (χ3v) is 6.31. The minimum absolute atomic E-state index is 0.0111. The molecule has 0 bridgehead atoms. The number of allylic oxidation sites excluding steroid dienone is 2. The van der Waals surface area contributed by atoms with E-state index in [9.17, 15) is 9.18 Å². The van der Waals surface area contributed by atoms with Crippen molar-refractivity contribution in [3.05, 3.63) is 11.8 Å². The van der Waals surface area contributed by atoms with Crippen LogP contribution in [0.25, 0.3) is 0 Å². The molecule has 0 aromatic heterocycles. The summed E-state index contributed by atoms with van der Waals surface area (Å²) in [6.07, 6.45) is 11.4. The molecule has 0 radical (unpaired) electrons. The molecule has 4 nitrogen and oxygen atoms in total. The second kappa shape index (κ2) is 12.6. The molecule has 0 aromatic carbocycles. The number of carbonyl (C=O) groups is 1. The second-order valence-electron chi connectivity index (χ2n) is 8.56. The topological polar surface area (TPSA) is 32.8 Å². The fraction of sp³-hybridized carbons (Fsp3) is 0.870. The monoisotopic (exact) mass is 396 g/mol. The maximum absolute atomic E-state index is 13.2. The average molecular weight is 397 g/mol. The standard InChI is InChI=1S/C23H41FN2O2/c1-4-6-8-22(15-19(3)16-24)26-13-7-12-25(17-20(26)5-2)21-9-10-23(18-27)28-14-11-21/h15,18-21,23H,4-14,16-17H2,1-3H3/b22-15+. The molecule has 2 heterocycles. The Morgan fingerprint density at radius 2 is 2.07 bits per heavy atom. The first-order chi connectivity index (χ1) is 13.6. The van der Waals surface area contributed by atoms with Gasteiger partial charge in [-0.25, -0.2) is 0 Å². The molecule has 4 atom stereocenters. The molecule has 28 heavy (non-hydrogen) atoms. The van der Waals surface area contributed by atoms with Gasteiger partial charge >= 0.3 is 0 Å². The molecule has 0 amide bonds. The van der Waals surface area contributed by atoms with E-state index in [0.717, 1.165) is 77.3 Å². The first-order valence-corrected chi connectivity index (χ1v) is 11.5. The van der Waals surface area contributed by atoms with Gasteiger partial charge in [0.25, 0.3) is 0 Å². The van der Waals surface area contributed by atoms with Gasteiger partial charge in [-0.2, -0.15) is 0 Å². The van der Waals surface area contributed by atoms with E-state index >= 15 is 0 Å². The highest BCUT2D eigenvalue weighted by Gasteiger charge is 2.30. The SMILES string of the molecule is CCCC/C(=C\C(C)CF)N1CCCN(C2CCOC(C=O)CC2)CC1CC. The van der Waals surface area contributed by atoms with Gasteiger partial charge in [-0.3, -0.25) is 9.29 Å². The summed E-state index contributed by atoms with van der Waals surface area (Å²) in [6, 6.07) is 0.982. The highest BCUT2D eigenvalue weighted by molar-refractivity contribution is 5.55. The smallest absolute Gasteiger partial charge is 0.148 e. The lowest BCUT2D eigenvalue weighted by Crippen LogP contribution is -2.44. The molecule has 0 saturated carbocycles. The zero-order chi connectivity index (χ0) is 20.4. The number of ether oxygens (including phenoxy) is 1. The summed E-state index contributed by atoms with van der Waals surface area (Å²) < 4.78 is 18.9. The Kier molecular flexibility index (Phi) is 10.5. The molecule has 5 heteroatoms. The van der Waals surface area contributed by atoms with E-state index < -0.39 is 0 Å². The lowest BCUT2D eigenvalue weighted by atomic mass is 10.0. The van der Waals surface area contributed by atoms with Crippen LogP contribution in [0.3, 0.4) is 0 Å². The molecule has 0 spiro atoms. The van der Waals surface area contributed by atoms with Gasteiger partial charge < -0.3 is 14.4 Å². The first kappa shape index (κ1) is 23.3. The van der Waals surface area contributed by atoms with Crippen molar-refractivity contribution < 1.29 is 13.9 Å². The van der Waals surface area contributed by atoms with Gasteiger partial charge in [0.1, 0.15) is 12.4 Å². The molecule has 4 unspecified atom stereocenters. The number of unbranched alkanes of at least 4 members (excludes halogenated alkanes) is 1. The lowest BCUT2D eigenvalue weighted by molar-refractivity contribution is -0.117. The number of hydrogen-bond donors (Lipinski definition) is 0. The van der Waals surface area contributed by atoms with Crippen LogP contribution in [0.1, 0.15) is 72.1 Å².